The number of hydrogen-bond acceptors (Lipinski definition) is 3. The fourth-order valence-electron chi connectivity index (χ4n) is 1.12. The third kappa shape index (κ3) is 1.90. The minimum atomic E-state index is -1.25. The zero-order chi connectivity index (χ0) is 10.7. The van der Waals surface area contributed by atoms with Gasteiger partial charge in [-0.25, -0.2) is 14.6 Å². The Morgan fingerprint density at radius 3 is 2.43 bits per heavy atom. The summed E-state index contributed by atoms with van der Waals surface area (Å²) in [5, 5.41) is 17.3. The summed E-state index contributed by atoms with van der Waals surface area (Å²) in [4.78, 5) is 27.1. The van der Waals surface area contributed by atoms with Crippen LogP contribution in [0.4, 0.5) is 0 Å². The first kappa shape index (κ1) is 10.2. The number of carboxylic acids is 2. The second kappa shape index (κ2) is 3.91. The monoisotopic (exact) mass is 198 g/mol. The van der Waals surface area contributed by atoms with Crippen LogP contribution in [0, 0.1) is 0 Å². The van der Waals surface area contributed by atoms with Gasteiger partial charge in [0.25, 0.3) is 0 Å². The molecule has 1 heterocycles. The van der Waals surface area contributed by atoms with Crippen LogP contribution in [0.2, 0.25) is 0 Å². The van der Waals surface area contributed by atoms with Crippen LogP contribution in [0.3, 0.4) is 0 Å². The topological polar surface area (TPSA) is 103 Å². The van der Waals surface area contributed by atoms with Crippen molar-refractivity contribution in [2.45, 2.75) is 19.8 Å². The Labute approximate surface area is 79.6 Å². The molecule has 0 saturated heterocycles. The van der Waals surface area contributed by atoms with Gasteiger partial charge in [0, 0.05) is 0 Å². The number of imidazole rings is 1. The van der Waals surface area contributed by atoms with E-state index in [9.17, 15) is 9.59 Å². The first-order valence-electron chi connectivity index (χ1n) is 4.11. The van der Waals surface area contributed by atoms with Gasteiger partial charge in [-0.15, -0.1) is 0 Å². The fourth-order valence-corrected chi connectivity index (χ4v) is 1.12. The molecule has 0 amide bonds. The Morgan fingerprint density at radius 1 is 1.36 bits per heavy atom. The normalized spacial score (nSPS) is 10.1. The van der Waals surface area contributed by atoms with E-state index in [1.54, 1.807) is 0 Å². The molecule has 0 saturated carbocycles. The molecule has 0 aliphatic rings. The summed E-state index contributed by atoms with van der Waals surface area (Å²) < 4.78 is 0. The van der Waals surface area contributed by atoms with Crippen LogP contribution in [-0.2, 0) is 6.42 Å². The van der Waals surface area contributed by atoms with E-state index in [-0.39, 0.29) is 11.5 Å². The van der Waals surface area contributed by atoms with Crippen molar-refractivity contribution in [3.63, 3.8) is 0 Å². The van der Waals surface area contributed by atoms with Crippen LogP contribution in [0.5, 0.6) is 0 Å². The Kier molecular flexibility index (Phi) is 2.85. The molecule has 0 aromatic carbocycles. The maximum absolute atomic E-state index is 10.7. The van der Waals surface area contributed by atoms with Gasteiger partial charge in [-0.05, 0) is 6.42 Å². The maximum Gasteiger partial charge on any atom is 0.371 e. The minimum absolute atomic E-state index is 0.204. The molecule has 1 rings (SSSR count). The minimum Gasteiger partial charge on any atom is -0.476 e. The molecule has 6 heteroatoms. The van der Waals surface area contributed by atoms with E-state index in [1.807, 2.05) is 6.92 Å². The lowest BCUT2D eigenvalue weighted by atomic mass is 10.2. The molecule has 0 spiro atoms. The van der Waals surface area contributed by atoms with Crippen LogP contribution >= 0.6 is 0 Å². The van der Waals surface area contributed by atoms with Crippen molar-refractivity contribution >= 4 is 11.9 Å². The van der Waals surface area contributed by atoms with Crippen molar-refractivity contribution in [2.75, 3.05) is 0 Å². The number of carboxylic acid groups (broad SMARTS) is 2. The number of H-pyrrole nitrogens is 1. The third-order valence-electron chi connectivity index (χ3n) is 1.68. The molecule has 0 bridgehead atoms. The van der Waals surface area contributed by atoms with Crippen LogP contribution in [0.1, 0.15) is 40.1 Å². The summed E-state index contributed by atoms with van der Waals surface area (Å²) in [5.74, 6) is -2.79. The lowest BCUT2D eigenvalue weighted by Gasteiger charge is -1.93. The number of carbonyl (C=O) groups is 2. The van der Waals surface area contributed by atoms with E-state index in [2.05, 4.69) is 9.97 Å². The van der Waals surface area contributed by atoms with E-state index in [0.29, 0.717) is 12.1 Å². The van der Waals surface area contributed by atoms with Gasteiger partial charge in [-0.1, -0.05) is 13.3 Å². The smallest absolute Gasteiger partial charge is 0.371 e. The zero-order valence-corrected chi connectivity index (χ0v) is 7.57. The summed E-state index contributed by atoms with van der Waals surface area (Å²) in [7, 11) is 0. The van der Waals surface area contributed by atoms with Gasteiger partial charge >= 0.3 is 11.9 Å². The van der Waals surface area contributed by atoms with E-state index in [1.165, 1.54) is 0 Å². The molecule has 1 aromatic rings. The number of aromatic amines is 1. The summed E-state index contributed by atoms with van der Waals surface area (Å²) in [6.07, 6.45) is 1.20. The van der Waals surface area contributed by atoms with Gasteiger partial charge in [0.05, 0.1) is 5.69 Å². The Hall–Kier alpha value is -1.85. The molecule has 0 fully saturated rings. The van der Waals surface area contributed by atoms with Gasteiger partial charge in [0.2, 0.25) is 5.82 Å². The van der Waals surface area contributed by atoms with E-state index < -0.39 is 11.9 Å². The predicted molar refractivity (Wildman–Crippen MR) is 46.5 cm³/mol. The number of rotatable bonds is 4. The summed E-state index contributed by atoms with van der Waals surface area (Å²) >= 11 is 0. The second-order valence-electron chi connectivity index (χ2n) is 2.77. The molecule has 0 radical (unpaired) electrons. The molecule has 6 nitrogen and oxygen atoms in total. The largest absolute Gasteiger partial charge is 0.476 e. The number of aryl methyl sites for hydroxylation is 1. The van der Waals surface area contributed by atoms with Gasteiger partial charge < -0.3 is 15.2 Å². The van der Waals surface area contributed by atoms with Gasteiger partial charge in [-0.3, -0.25) is 0 Å². The lowest BCUT2D eigenvalue weighted by molar-refractivity contribution is 0.0684. The summed E-state index contributed by atoms with van der Waals surface area (Å²) in [5.41, 5.74) is 0.154. The standard InChI is InChI=1S/C8H10N2O4/c1-2-3-4-5(7(11)12)10-6(9-4)8(13)14/h2-3H2,1H3,(H,9,10)(H,11,12)(H,13,14). The number of aromatic nitrogens is 2. The number of aromatic carboxylic acids is 2. The highest BCUT2D eigenvalue weighted by Crippen LogP contribution is 2.08. The molecule has 1 aromatic heterocycles. The van der Waals surface area contributed by atoms with Crippen molar-refractivity contribution in [1.82, 2.24) is 9.97 Å². The van der Waals surface area contributed by atoms with Crippen LogP contribution in [0.15, 0.2) is 0 Å². The molecular formula is C8H10N2O4. The summed E-state index contributed by atoms with van der Waals surface area (Å²) in [6, 6.07) is 0. The Morgan fingerprint density at radius 2 is 2.00 bits per heavy atom. The molecule has 0 atom stereocenters. The molecule has 3 N–H and O–H groups in total. The maximum atomic E-state index is 10.7. The average molecular weight is 198 g/mol. The molecular weight excluding hydrogens is 188 g/mol. The molecule has 76 valence electrons. The average Bonchev–Trinajstić information content (AvgIpc) is 2.49. The van der Waals surface area contributed by atoms with Crippen molar-refractivity contribution in [1.29, 1.82) is 0 Å². The highest BCUT2D eigenvalue weighted by atomic mass is 16.4. The summed E-state index contributed by atoms with van der Waals surface area (Å²) in [6.45, 7) is 1.87. The molecule has 0 aliphatic heterocycles. The highest BCUT2D eigenvalue weighted by molar-refractivity contribution is 5.90. The highest BCUT2D eigenvalue weighted by Gasteiger charge is 2.18. The lowest BCUT2D eigenvalue weighted by Crippen LogP contribution is -2.02. The molecule has 14 heavy (non-hydrogen) atoms. The van der Waals surface area contributed by atoms with Crippen molar-refractivity contribution in [3.8, 4) is 0 Å². The van der Waals surface area contributed by atoms with E-state index in [4.69, 9.17) is 10.2 Å². The first-order valence-corrected chi connectivity index (χ1v) is 4.11. The number of nitrogens with one attached hydrogen (secondary N) is 1. The van der Waals surface area contributed by atoms with Crippen molar-refractivity contribution in [2.24, 2.45) is 0 Å². The Balaban J connectivity index is 3.12. The molecule has 0 aliphatic carbocycles. The van der Waals surface area contributed by atoms with Gasteiger partial charge in [0.15, 0.2) is 5.69 Å². The van der Waals surface area contributed by atoms with Gasteiger partial charge in [-0.2, -0.15) is 0 Å². The van der Waals surface area contributed by atoms with Crippen LogP contribution in [0.25, 0.3) is 0 Å². The van der Waals surface area contributed by atoms with E-state index in [0.717, 1.165) is 6.42 Å². The quantitative estimate of drug-likeness (QED) is 0.662. The predicted octanol–water partition coefficient (Wildman–Crippen LogP) is 0.759. The third-order valence-corrected chi connectivity index (χ3v) is 1.68. The van der Waals surface area contributed by atoms with Gasteiger partial charge in [0.1, 0.15) is 0 Å². The van der Waals surface area contributed by atoms with E-state index >= 15 is 0 Å². The SMILES string of the molecule is CCCc1[nH]c(C(=O)O)nc1C(=O)O. The second-order valence-corrected chi connectivity index (χ2v) is 2.77. The number of hydrogen-bond donors (Lipinski definition) is 3. The number of nitrogens with zero attached hydrogens (tertiary/aromatic N) is 1. The van der Waals surface area contributed by atoms with Crippen LogP contribution < -0.4 is 0 Å². The van der Waals surface area contributed by atoms with Crippen molar-refractivity contribution < 1.29 is 19.8 Å². The molecule has 0 unspecified atom stereocenters. The first-order chi connectivity index (χ1) is 6.56. The fraction of sp³-hybridized carbons (Fsp3) is 0.375. The zero-order valence-electron chi connectivity index (χ0n) is 7.57. The van der Waals surface area contributed by atoms with Crippen molar-refractivity contribution in [3.05, 3.63) is 17.2 Å². The Bertz CT molecular complexity index is 369. The van der Waals surface area contributed by atoms with Crippen LogP contribution in [-0.4, -0.2) is 32.1 Å².